The molecule has 0 aromatic heterocycles. The van der Waals surface area contributed by atoms with E-state index in [4.69, 9.17) is 0 Å². The molecule has 2 rings (SSSR count). The lowest BCUT2D eigenvalue weighted by molar-refractivity contribution is 0.102. The first kappa shape index (κ1) is 14.2. The molecule has 2 aromatic carbocycles. The van der Waals surface area contributed by atoms with Gasteiger partial charge in [-0.05, 0) is 53.2 Å². The van der Waals surface area contributed by atoms with Crippen molar-refractivity contribution >= 4 is 43.5 Å². The van der Waals surface area contributed by atoms with E-state index in [1.165, 1.54) is 12.1 Å². The topological polar surface area (TPSA) is 29.1 Å². The molecule has 1 amide bonds. The summed E-state index contributed by atoms with van der Waals surface area (Å²) in [6.45, 7) is 1.81. The molecule has 0 aliphatic carbocycles. The number of benzene rings is 2. The first-order chi connectivity index (χ1) is 8.97. The summed E-state index contributed by atoms with van der Waals surface area (Å²) in [5.41, 5.74) is 1.45. The Morgan fingerprint density at radius 2 is 1.89 bits per heavy atom. The highest BCUT2D eigenvalue weighted by atomic mass is 79.9. The maximum absolute atomic E-state index is 13.6. The Hall–Kier alpha value is -1.20. The van der Waals surface area contributed by atoms with Gasteiger partial charge in [0.2, 0.25) is 0 Å². The van der Waals surface area contributed by atoms with Crippen molar-refractivity contribution in [1.82, 2.24) is 0 Å². The van der Waals surface area contributed by atoms with Crippen molar-refractivity contribution in [1.29, 1.82) is 0 Å². The smallest absolute Gasteiger partial charge is 0.258 e. The number of amides is 1. The largest absolute Gasteiger partial charge is 0.321 e. The predicted octanol–water partition coefficient (Wildman–Crippen LogP) is 4.91. The molecule has 2 nitrogen and oxygen atoms in total. The summed E-state index contributed by atoms with van der Waals surface area (Å²) >= 11 is 6.66. The number of carbonyl (C=O) groups excluding carboxylic acids is 1. The molecule has 0 bridgehead atoms. The van der Waals surface area contributed by atoms with Gasteiger partial charge in [0.1, 0.15) is 5.82 Å². The molecule has 19 heavy (non-hydrogen) atoms. The number of aryl methyl sites for hydroxylation is 1. The molecule has 1 N–H and O–H groups in total. The van der Waals surface area contributed by atoms with Gasteiger partial charge >= 0.3 is 0 Å². The third-order valence-corrected chi connectivity index (χ3v) is 3.73. The van der Waals surface area contributed by atoms with Crippen LogP contribution in [0.4, 0.5) is 10.1 Å². The van der Waals surface area contributed by atoms with Crippen LogP contribution < -0.4 is 5.32 Å². The van der Waals surface area contributed by atoms with Crippen LogP contribution in [0.1, 0.15) is 15.9 Å². The summed E-state index contributed by atoms with van der Waals surface area (Å²) in [5, 5.41) is 2.68. The Bertz CT molecular complexity index is 643. The predicted molar refractivity (Wildman–Crippen MR) is 80.9 cm³/mol. The zero-order valence-corrected chi connectivity index (χ0v) is 13.2. The van der Waals surface area contributed by atoms with Gasteiger partial charge < -0.3 is 5.32 Å². The summed E-state index contributed by atoms with van der Waals surface area (Å²) < 4.78 is 15.2. The lowest BCUT2D eigenvalue weighted by Gasteiger charge is -2.09. The minimum Gasteiger partial charge on any atom is -0.321 e. The zero-order valence-electron chi connectivity index (χ0n) is 10.0. The summed E-state index contributed by atoms with van der Waals surface area (Å²) in [6.07, 6.45) is 0. The average Bonchev–Trinajstić information content (AvgIpc) is 2.36. The van der Waals surface area contributed by atoms with Crippen LogP contribution in [0, 0.1) is 12.7 Å². The quantitative estimate of drug-likeness (QED) is 0.780. The fraction of sp³-hybridized carbons (Fsp3) is 0.0714. The van der Waals surface area contributed by atoms with Gasteiger partial charge in [-0.2, -0.15) is 0 Å². The summed E-state index contributed by atoms with van der Waals surface area (Å²) in [7, 11) is 0. The highest BCUT2D eigenvalue weighted by molar-refractivity contribution is 9.11. The third-order valence-electron chi connectivity index (χ3n) is 2.54. The monoisotopic (exact) mass is 385 g/mol. The van der Waals surface area contributed by atoms with E-state index < -0.39 is 11.7 Å². The first-order valence-corrected chi connectivity index (χ1v) is 7.08. The highest BCUT2D eigenvalue weighted by Gasteiger charge is 2.13. The number of rotatable bonds is 2. The van der Waals surface area contributed by atoms with Crippen molar-refractivity contribution in [2.24, 2.45) is 0 Å². The van der Waals surface area contributed by atoms with Crippen molar-refractivity contribution in [3.05, 3.63) is 62.3 Å². The standard InChI is InChI=1S/C14H10Br2FNO/c1-8-2-5-12(17)10(6-8)14(19)18-13-7-9(15)3-4-11(13)16/h2-7H,1H3,(H,18,19). The first-order valence-electron chi connectivity index (χ1n) is 5.50. The maximum atomic E-state index is 13.6. The van der Waals surface area contributed by atoms with Gasteiger partial charge in [-0.1, -0.05) is 27.6 Å². The van der Waals surface area contributed by atoms with Crippen LogP contribution >= 0.6 is 31.9 Å². The Kier molecular flexibility index (Phi) is 4.37. The number of halogens is 3. The van der Waals surface area contributed by atoms with Gasteiger partial charge in [0.25, 0.3) is 5.91 Å². The molecule has 0 atom stereocenters. The van der Waals surface area contributed by atoms with Crippen molar-refractivity contribution in [2.45, 2.75) is 6.92 Å². The van der Waals surface area contributed by atoms with Crippen LogP contribution in [0.5, 0.6) is 0 Å². The zero-order chi connectivity index (χ0) is 14.0. The van der Waals surface area contributed by atoms with E-state index in [-0.39, 0.29) is 5.56 Å². The number of carbonyl (C=O) groups is 1. The maximum Gasteiger partial charge on any atom is 0.258 e. The SMILES string of the molecule is Cc1ccc(F)c(C(=O)Nc2cc(Br)ccc2Br)c1. The minimum absolute atomic E-state index is 0.0341. The summed E-state index contributed by atoms with van der Waals surface area (Å²) in [6, 6.07) is 9.83. The van der Waals surface area contributed by atoms with E-state index in [2.05, 4.69) is 37.2 Å². The second-order valence-electron chi connectivity index (χ2n) is 4.06. The molecular weight excluding hydrogens is 377 g/mol. The van der Waals surface area contributed by atoms with Gasteiger partial charge in [0.05, 0.1) is 11.3 Å². The molecule has 0 radical (unpaired) electrons. The fourth-order valence-electron chi connectivity index (χ4n) is 1.60. The van der Waals surface area contributed by atoms with E-state index in [1.54, 1.807) is 18.2 Å². The average molecular weight is 387 g/mol. The van der Waals surface area contributed by atoms with Crippen molar-refractivity contribution in [2.75, 3.05) is 5.32 Å². The molecule has 0 saturated carbocycles. The Morgan fingerprint density at radius 3 is 2.63 bits per heavy atom. The molecular formula is C14H10Br2FNO. The Labute approximate surface area is 127 Å². The van der Waals surface area contributed by atoms with Gasteiger partial charge in [0, 0.05) is 8.95 Å². The van der Waals surface area contributed by atoms with Gasteiger partial charge in [0.15, 0.2) is 0 Å². The van der Waals surface area contributed by atoms with Gasteiger partial charge in [-0.15, -0.1) is 0 Å². The molecule has 0 heterocycles. The molecule has 0 unspecified atom stereocenters. The van der Waals surface area contributed by atoms with Gasteiger partial charge in [-0.25, -0.2) is 4.39 Å². The Balaban J connectivity index is 2.30. The van der Waals surface area contributed by atoms with Gasteiger partial charge in [-0.3, -0.25) is 4.79 Å². The second kappa shape index (κ2) is 5.84. The van der Waals surface area contributed by atoms with Crippen LogP contribution in [0.2, 0.25) is 0 Å². The molecule has 0 aliphatic heterocycles. The van der Waals surface area contributed by atoms with Crippen molar-refractivity contribution in [3.63, 3.8) is 0 Å². The molecule has 0 saturated heterocycles. The highest BCUT2D eigenvalue weighted by Crippen LogP contribution is 2.26. The summed E-state index contributed by atoms with van der Waals surface area (Å²) in [4.78, 5) is 12.1. The minimum atomic E-state index is -0.533. The summed E-state index contributed by atoms with van der Waals surface area (Å²) in [5.74, 6) is -1.01. The van der Waals surface area contributed by atoms with Crippen LogP contribution in [-0.2, 0) is 0 Å². The molecule has 98 valence electrons. The fourth-order valence-corrected chi connectivity index (χ4v) is 2.30. The van der Waals surface area contributed by atoms with E-state index in [1.807, 2.05) is 13.0 Å². The lowest BCUT2D eigenvalue weighted by atomic mass is 10.1. The number of hydrogen-bond donors (Lipinski definition) is 1. The van der Waals surface area contributed by atoms with Crippen LogP contribution in [0.25, 0.3) is 0 Å². The van der Waals surface area contributed by atoms with Crippen LogP contribution in [-0.4, -0.2) is 5.91 Å². The van der Waals surface area contributed by atoms with Crippen LogP contribution in [0.3, 0.4) is 0 Å². The molecule has 5 heteroatoms. The molecule has 0 fully saturated rings. The second-order valence-corrected chi connectivity index (χ2v) is 5.83. The van der Waals surface area contributed by atoms with Crippen molar-refractivity contribution in [3.8, 4) is 0 Å². The Morgan fingerprint density at radius 1 is 1.16 bits per heavy atom. The number of nitrogens with one attached hydrogen (secondary N) is 1. The van der Waals surface area contributed by atoms with E-state index in [9.17, 15) is 9.18 Å². The number of anilines is 1. The van der Waals surface area contributed by atoms with Crippen LogP contribution in [0.15, 0.2) is 45.3 Å². The normalized spacial score (nSPS) is 10.3. The van der Waals surface area contributed by atoms with Crippen molar-refractivity contribution < 1.29 is 9.18 Å². The van der Waals surface area contributed by atoms with E-state index in [0.29, 0.717) is 5.69 Å². The number of hydrogen-bond acceptors (Lipinski definition) is 1. The molecule has 0 aliphatic rings. The van der Waals surface area contributed by atoms with E-state index >= 15 is 0 Å². The lowest BCUT2D eigenvalue weighted by Crippen LogP contribution is -2.14. The third kappa shape index (κ3) is 3.42. The molecule has 0 spiro atoms. The molecule has 2 aromatic rings. The van der Waals surface area contributed by atoms with E-state index in [0.717, 1.165) is 14.5 Å².